The van der Waals surface area contributed by atoms with Gasteiger partial charge in [-0.15, -0.1) is 0 Å². The van der Waals surface area contributed by atoms with E-state index in [4.69, 9.17) is 5.73 Å². The summed E-state index contributed by atoms with van der Waals surface area (Å²) in [7, 11) is 0. The Morgan fingerprint density at radius 3 is 2.95 bits per heavy atom. The van der Waals surface area contributed by atoms with Crippen LogP contribution in [0.5, 0.6) is 0 Å². The van der Waals surface area contributed by atoms with E-state index < -0.39 is 0 Å². The van der Waals surface area contributed by atoms with Crippen LogP contribution in [0.1, 0.15) is 11.1 Å². The van der Waals surface area contributed by atoms with Crippen molar-refractivity contribution < 1.29 is 4.79 Å². The molecule has 0 saturated carbocycles. The molecule has 4 nitrogen and oxygen atoms in total. The molecule has 1 amide bonds. The van der Waals surface area contributed by atoms with Gasteiger partial charge in [0, 0.05) is 29.8 Å². The number of anilines is 2. The highest BCUT2D eigenvalue weighted by Gasteiger charge is 2.02. The maximum atomic E-state index is 11.8. The van der Waals surface area contributed by atoms with Crippen LogP contribution < -0.4 is 11.1 Å². The molecule has 0 unspecified atom stereocenters. The lowest BCUT2D eigenvalue weighted by Crippen LogP contribution is -2.09. The lowest BCUT2D eigenvalue weighted by atomic mass is 10.2. The molecule has 2 rings (SSSR count). The highest BCUT2D eigenvalue weighted by atomic mass is 16.1. The summed E-state index contributed by atoms with van der Waals surface area (Å²) < 4.78 is 0. The third-order valence-electron chi connectivity index (χ3n) is 2.63. The molecule has 1 aromatic heterocycles. The molecule has 2 aromatic rings. The minimum absolute atomic E-state index is 0.197. The molecule has 0 bridgehead atoms. The van der Waals surface area contributed by atoms with Crippen LogP contribution in [-0.2, 0) is 4.79 Å². The van der Waals surface area contributed by atoms with Gasteiger partial charge in [0.2, 0.25) is 5.91 Å². The Balaban J connectivity index is 2.06. The molecule has 0 fully saturated rings. The van der Waals surface area contributed by atoms with Crippen molar-refractivity contribution in [2.45, 2.75) is 6.92 Å². The Kier molecular flexibility index (Phi) is 3.93. The van der Waals surface area contributed by atoms with E-state index >= 15 is 0 Å². The fourth-order valence-electron chi connectivity index (χ4n) is 1.60. The van der Waals surface area contributed by atoms with Crippen LogP contribution in [-0.4, -0.2) is 10.9 Å². The number of hydrogen-bond donors (Lipinski definition) is 2. The number of aryl methyl sites for hydroxylation is 1. The maximum Gasteiger partial charge on any atom is 0.248 e. The lowest BCUT2D eigenvalue weighted by molar-refractivity contribution is -0.111. The molecule has 0 aliphatic heterocycles. The predicted molar refractivity (Wildman–Crippen MR) is 77.5 cm³/mol. The Morgan fingerprint density at radius 1 is 1.37 bits per heavy atom. The molecule has 0 aliphatic rings. The minimum atomic E-state index is -0.197. The zero-order chi connectivity index (χ0) is 13.7. The molecule has 3 N–H and O–H groups in total. The summed E-state index contributed by atoms with van der Waals surface area (Å²) >= 11 is 0. The van der Waals surface area contributed by atoms with Gasteiger partial charge in [0.25, 0.3) is 0 Å². The first-order valence-corrected chi connectivity index (χ1v) is 5.90. The number of rotatable bonds is 3. The Hall–Kier alpha value is -2.62. The zero-order valence-electron chi connectivity index (χ0n) is 10.6. The molecule has 96 valence electrons. The molecule has 0 atom stereocenters. The molecular formula is C15H15N3O. The van der Waals surface area contributed by atoms with Gasteiger partial charge in [0.15, 0.2) is 0 Å². The van der Waals surface area contributed by atoms with Crippen LogP contribution in [0.3, 0.4) is 0 Å². The standard InChI is InChI=1S/C15H15N3O/c1-11-4-6-13(16)9-14(11)18-15(19)7-5-12-3-2-8-17-10-12/h2-10H,16H2,1H3,(H,18,19)/b7-5+. The fourth-order valence-corrected chi connectivity index (χ4v) is 1.60. The van der Waals surface area contributed by atoms with E-state index in [2.05, 4.69) is 10.3 Å². The van der Waals surface area contributed by atoms with Gasteiger partial charge in [0.05, 0.1) is 0 Å². The second kappa shape index (κ2) is 5.82. The van der Waals surface area contributed by atoms with Crippen LogP contribution >= 0.6 is 0 Å². The van der Waals surface area contributed by atoms with Crippen LogP contribution in [0, 0.1) is 6.92 Å². The van der Waals surface area contributed by atoms with E-state index in [0.29, 0.717) is 5.69 Å². The third-order valence-corrected chi connectivity index (χ3v) is 2.63. The van der Waals surface area contributed by atoms with Crippen molar-refractivity contribution in [3.8, 4) is 0 Å². The summed E-state index contributed by atoms with van der Waals surface area (Å²) in [4.78, 5) is 15.8. The number of carbonyl (C=O) groups is 1. The second-order valence-electron chi connectivity index (χ2n) is 4.18. The SMILES string of the molecule is Cc1ccc(N)cc1NC(=O)/C=C/c1cccnc1. The number of nitrogens with zero attached hydrogens (tertiary/aromatic N) is 1. The number of hydrogen-bond acceptors (Lipinski definition) is 3. The molecule has 0 saturated heterocycles. The van der Waals surface area contributed by atoms with Gasteiger partial charge in [-0.1, -0.05) is 12.1 Å². The molecule has 0 spiro atoms. The van der Waals surface area contributed by atoms with Gasteiger partial charge < -0.3 is 11.1 Å². The van der Waals surface area contributed by atoms with Crippen LogP contribution in [0.4, 0.5) is 11.4 Å². The first kappa shape index (κ1) is 12.8. The van der Waals surface area contributed by atoms with E-state index in [9.17, 15) is 4.79 Å². The average Bonchev–Trinajstić information content (AvgIpc) is 2.42. The van der Waals surface area contributed by atoms with E-state index in [1.807, 2.05) is 25.1 Å². The largest absolute Gasteiger partial charge is 0.399 e. The van der Waals surface area contributed by atoms with E-state index in [1.54, 1.807) is 30.6 Å². The number of pyridine rings is 1. The summed E-state index contributed by atoms with van der Waals surface area (Å²) in [5, 5.41) is 2.80. The van der Waals surface area contributed by atoms with Crippen molar-refractivity contribution in [1.82, 2.24) is 4.98 Å². The van der Waals surface area contributed by atoms with Crippen molar-refractivity contribution in [3.63, 3.8) is 0 Å². The fraction of sp³-hybridized carbons (Fsp3) is 0.0667. The minimum Gasteiger partial charge on any atom is -0.399 e. The molecule has 0 radical (unpaired) electrons. The van der Waals surface area contributed by atoms with Gasteiger partial charge in [-0.25, -0.2) is 0 Å². The highest BCUT2D eigenvalue weighted by molar-refractivity contribution is 6.02. The quantitative estimate of drug-likeness (QED) is 0.652. The summed E-state index contributed by atoms with van der Waals surface area (Å²) in [5.41, 5.74) is 8.88. The van der Waals surface area contributed by atoms with Gasteiger partial charge in [-0.2, -0.15) is 0 Å². The Labute approximate surface area is 112 Å². The second-order valence-corrected chi connectivity index (χ2v) is 4.18. The number of amides is 1. The monoisotopic (exact) mass is 253 g/mol. The number of aromatic nitrogens is 1. The predicted octanol–water partition coefficient (Wildman–Crippen LogP) is 2.62. The Bertz CT molecular complexity index is 606. The van der Waals surface area contributed by atoms with Crippen LogP contribution in [0.25, 0.3) is 6.08 Å². The van der Waals surface area contributed by atoms with Crippen molar-refractivity contribution in [2.75, 3.05) is 11.1 Å². The third kappa shape index (κ3) is 3.67. The molecular weight excluding hydrogens is 238 g/mol. The van der Waals surface area contributed by atoms with E-state index in [1.165, 1.54) is 6.08 Å². The Morgan fingerprint density at radius 2 is 2.21 bits per heavy atom. The van der Waals surface area contributed by atoms with Gasteiger partial charge in [-0.05, 0) is 42.3 Å². The topological polar surface area (TPSA) is 68.0 Å². The number of nitrogens with two attached hydrogens (primary N) is 1. The van der Waals surface area contributed by atoms with Crippen molar-refractivity contribution in [3.05, 3.63) is 59.9 Å². The molecule has 19 heavy (non-hydrogen) atoms. The van der Waals surface area contributed by atoms with E-state index in [-0.39, 0.29) is 5.91 Å². The summed E-state index contributed by atoms with van der Waals surface area (Å²) in [6.07, 6.45) is 6.56. The van der Waals surface area contributed by atoms with Gasteiger partial charge >= 0.3 is 0 Å². The number of nitrogen functional groups attached to an aromatic ring is 1. The van der Waals surface area contributed by atoms with Gasteiger partial charge in [0.1, 0.15) is 0 Å². The lowest BCUT2D eigenvalue weighted by Gasteiger charge is -2.07. The van der Waals surface area contributed by atoms with Crippen molar-refractivity contribution in [2.24, 2.45) is 0 Å². The summed E-state index contributed by atoms with van der Waals surface area (Å²) in [6, 6.07) is 9.11. The van der Waals surface area contributed by atoms with Crippen molar-refractivity contribution in [1.29, 1.82) is 0 Å². The molecule has 1 heterocycles. The maximum absolute atomic E-state index is 11.8. The van der Waals surface area contributed by atoms with Crippen molar-refractivity contribution >= 4 is 23.4 Å². The zero-order valence-corrected chi connectivity index (χ0v) is 10.6. The number of nitrogens with one attached hydrogen (secondary N) is 1. The first-order valence-electron chi connectivity index (χ1n) is 5.90. The normalized spacial score (nSPS) is 10.6. The molecule has 0 aliphatic carbocycles. The highest BCUT2D eigenvalue weighted by Crippen LogP contribution is 2.18. The number of benzene rings is 1. The summed E-state index contributed by atoms with van der Waals surface area (Å²) in [6.45, 7) is 1.92. The van der Waals surface area contributed by atoms with Gasteiger partial charge in [-0.3, -0.25) is 9.78 Å². The molecule has 1 aromatic carbocycles. The average molecular weight is 253 g/mol. The first-order chi connectivity index (χ1) is 9.15. The van der Waals surface area contributed by atoms with Crippen LogP contribution in [0.15, 0.2) is 48.8 Å². The van der Waals surface area contributed by atoms with Crippen LogP contribution in [0.2, 0.25) is 0 Å². The van der Waals surface area contributed by atoms with E-state index in [0.717, 1.165) is 16.8 Å². The smallest absolute Gasteiger partial charge is 0.248 e. The summed E-state index contributed by atoms with van der Waals surface area (Å²) in [5.74, 6) is -0.197. The number of carbonyl (C=O) groups excluding carboxylic acids is 1. The molecule has 4 heteroatoms.